The van der Waals surface area contributed by atoms with E-state index in [1.807, 2.05) is 18.2 Å². The van der Waals surface area contributed by atoms with Gasteiger partial charge >= 0.3 is 0 Å². The van der Waals surface area contributed by atoms with E-state index in [2.05, 4.69) is 0 Å². The van der Waals surface area contributed by atoms with E-state index in [-0.39, 0.29) is 46.0 Å². The van der Waals surface area contributed by atoms with Gasteiger partial charge in [0.2, 0.25) is 5.75 Å². The molecule has 6 N–H and O–H groups in total. The Bertz CT molecular complexity index is 1980. The highest BCUT2D eigenvalue weighted by atomic mass is 16.5. The van der Waals surface area contributed by atoms with Crippen molar-refractivity contribution in [3.05, 3.63) is 155 Å². The van der Waals surface area contributed by atoms with Crippen LogP contribution in [0.25, 0.3) is 0 Å². The summed E-state index contributed by atoms with van der Waals surface area (Å²) in [5.74, 6) is 1.15. The second-order valence-electron chi connectivity index (χ2n) is 12.3. The molecule has 0 aliphatic carbocycles. The molecule has 0 bridgehead atoms. The molecule has 8 heteroatoms. The predicted molar refractivity (Wildman–Crippen MR) is 191 cm³/mol. The predicted octanol–water partition coefficient (Wildman–Crippen LogP) is 8.86. The summed E-state index contributed by atoms with van der Waals surface area (Å²) < 4.78 is 12.4. The molecule has 254 valence electrons. The third-order valence-electron chi connectivity index (χ3n) is 8.30. The maximum absolute atomic E-state index is 11.4. The van der Waals surface area contributed by atoms with Crippen LogP contribution in [0, 0.1) is 0 Å². The maximum atomic E-state index is 11.4. The number of hydrogen-bond acceptors (Lipinski definition) is 8. The van der Waals surface area contributed by atoms with Crippen molar-refractivity contribution in [3.63, 3.8) is 0 Å². The van der Waals surface area contributed by atoms with E-state index in [4.69, 9.17) is 9.47 Å². The molecule has 0 saturated carbocycles. The van der Waals surface area contributed by atoms with Crippen LogP contribution in [0.4, 0.5) is 0 Å². The molecule has 0 aliphatic heterocycles. The Hall–Kier alpha value is -6.28. The van der Waals surface area contributed by atoms with E-state index in [1.54, 1.807) is 91.0 Å². The molecule has 6 aromatic rings. The second-order valence-corrected chi connectivity index (χ2v) is 12.3. The van der Waals surface area contributed by atoms with Crippen LogP contribution in [0.2, 0.25) is 0 Å². The van der Waals surface area contributed by atoms with Gasteiger partial charge in [0.15, 0.2) is 11.5 Å². The largest absolute Gasteiger partial charge is 0.508 e. The zero-order valence-corrected chi connectivity index (χ0v) is 27.3. The topological polar surface area (TPSA) is 140 Å². The summed E-state index contributed by atoms with van der Waals surface area (Å²) in [5, 5.41) is 62.1. The third kappa shape index (κ3) is 9.20. The van der Waals surface area contributed by atoms with Gasteiger partial charge in [0.25, 0.3) is 0 Å². The van der Waals surface area contributed by atoms with E-state index in [0.717, 1.165) is 33.4 Å². The number of aromatic hydroxyl groups is 6. The summed E-state index contributed by atoms with van der Waals surface area (Å²) in [7, 11) is 0. The van der Waals surface area contributed by atoms with Gasteiger partial charge in [-0.05, 0) is 145 Å². The Balaban J connectivity index is 1.27. The minimum Gasteiger partial charge on any atom is -0.508 e. The quantitative estimate of drug-likeness (QED) is 0.0716. The lowest BCUT2D eigenvalue weighted by molar-refractivity contribution is 0.374. The van der Waals surface area contributed by atoms with Crippen molar-refractivity contribution in [3.8, 4) is 57.5 Å². The Morgan fingerprint density at radius 2 is 0.640 bits per heavy atom. The Labute approximate surface area is 290 Å². The van der Waals surface area contributed by atoms with Crippen LogP contribution in [0.3, 0.4) is 0 Å². The van der Waals surface area contributed by atoms with Gasteiger partial charge in [-0.15, -0.1) is 0 Å². The van der Waals surface area contributed by atoms with Crippen molar-refractivity contribution in [2.24, 2.45) is 0 Å². The standard InChI is InChI=1S/C42H38O8/c43-33-7-1-4-27(16-33)10-13-30-19-36(46)25-38(21-30)49-40-23-32(15-12-29-6-3-9-35(45)18-29)24-41(42(40)48)50-39-22-31(20-37(47)26-39)14-11-28-5-2-8-34(44)17-28/h1-9,16-26,43-48H,10-15H2. The summed E-state index contributed by atoms with van der Waals surface area (Å²) in [6.45, 7) is 0. The zero-order valence-electron chi connectivity index (χ0n) is 27.3. The van der Waals surface area contributed by atoms with E-state index in [0.29, 0.717) is 50.0 Å². The molecule has 0 fully saturated rings. The van der Waals surface area contributed by atoms with Crippen LogP contribution in [-0.2, 0) is 38.5 Å². The molecule has 0 saturated heterocycles. The lowest BCUT2D eigenvalue weighted by Crippen LogP contribution is -1.97. The van der Waals surface area contributed by atoms with Gasteiger partial charge in [-0.25, -0.2) is 0 Å². The fourth-order valence-electron chi connectivity index (χ4n) is 5.89. The first-order valence-electron chi connectivity index (χ1n) is 16.4. The highest BCUT2D eigenvalue weighted by molar-refractivity contribution is 5.56. The fraction of sp³-hybridized carbons (Fsp3) is 0.143. The third-order valence-corrected chi connectivity index (χ3v) is 8.30. The Morgan fingerprint density at radius 1 is 0.320 bits per heavy atom. The van der Waals surface area contributed by atoms with Gasteiger partial charge in [-0.1, -0.05) is 36.4 Å². The highest BCUT2D eigenvalue weighted by Gasteiger charge is 2.17. The molecule has 0 atom stereocenters. The molecule has 0 heterocycles. The van der Waals surface area contributed by atoms with Gasteiger partial charge in [0, 0.05) is 12.1 Å². The van der Waals surface area contributed by atoms with Crippen LogP contribution in [0.5, 0.6) is 57.5 Å². The number of hydrogen-bond donors (Lipinski definition) is 6. The molecular weight excluding hydrogens is 632 g/mol. The van der Waals surface area contributed by atoms with Crippen LogP contribution < -0.4 is 9.47 Å². The molecule has 0 unspecified atom stereocenters. The summed E-state index contributed by atoms with van der Waals surface area (Å²) >= 11 is 0. The van der Waals surface area contributed by atoms with Crippen molar-refractivity contribution in [1.29, 1.82) is 0 Å². The molecule has 0 amide bonds. The van der Waals surface area contributed by atoms with Gasteiger partial charge in [0.1, 0.15) is 40.2 Å². The maximum Gasteiger partial charge on any atom is 0.202 e. The van der Waals surface area contributed by atoms with E-state index in [1.165, 1.54) is 12.1 Å². The first kappa shape index (κ1) is 33.6. The SMILES string of the molecule is Oc1cccc(CCc2cc(O)cc(Oc3cc(CCc4cccc(O)c4)cc(Oc4cc(O)cc(CCc5cccc(O)c5)c4)c3O)c2)c1. The average molecular weight is 671 g/mol. The molecule has 0 radical (unpaired) electrons. The molecule has 6 rings (SSSR count). The van der Waals surface area contributed by atoms with Crippen molar-refractivity contribution in [2.75, 3.05) is 0 Å². The smallest absolute Gasteiger partial charge is 0.202 e. The lowest BCUT2D eigenvalue weighted by atomic mass is 10.0. The summed E-state index contributed by atoms with van der Waals surface area (Å²) in [6, 6.07) is 34.3. The number of ether oxygens (including phenoxy) is 2. The normalized spacial score (nSPS) is 11.0. The molecule has 8 nitrogen and oxygen atoms in total. The van der Waals surface area contributed by atoms with Gasteiger partial charge in [0.05, 0.1) is 0 Å². The number of benzene rings is 6. The molecule has 0 spiro atoms. The zero-order chi connectivity index (χ0) is 35.0. The number of phenolic OH excluding ortho intramolecular Hbond substituents is 6. The lowest BCUT2D eigenvalue weighted by Gasteiger charge is -2.16. The van der Waals surface area contributed by atoms with Crippen molar-refractivity contribution < 1.29 is 40.1 Å². The second kappa shape index (κ2) is 15.3. The Morgan fingerprint density at radius 3 is 1.00 bits per heavy atom. The van der Waals surface area contributed by atoms with Crippen LogP contribution in [-0.4, -0.2) is 30.6 Å². The van der Waals surface area contributed by atoms with Crippen molar-refractivity contribution in [1.82, 2.24) is 0 Å². The first-order valence-corrected chi connectivity index (χ1v) is 16.4. The average Bonchev–Trinajstić information content (AvgIpc) is 3.07. The van der Waals surface area contributed by atoms with E-state index in [9.17, 15) is 30.6 Å². The number of aryl methyl sites for hydroxylation is 6. The molecular formula is C42H38O8. The molecule has 6 aromatic carbocycles. The minimum absolute atomic E-state index is 0.00224. The minimum atomic E-state index is -0.264. The molecule has 0 aromatic heterocycles. The first-order chi connectivity index (χ1) is 24.1. The van der Waals surface area contributed by atoms with Gasteiger partial charge in [-0.3, -0.25) is 0 Å². The fourth-order valence-corrected chi connectivity index (χ4v) is 5.89. The molecule has 50 heavy (non-hydrogen) atoms. The van der Waals surface area contributed by atoms with Crippen molar-refractivity contribution >= 4 is 0 Å². The summed E-state index contributed by atoms with van der Waals surface area (Å²) in [5.41, 5.74) is 5.21. The van der Waals surface area contributed by atoms with Gasteiger partial charge < -0.3 is 40.1 Å². The van der Waals surface area contributed by atoms with Crippen LogP contribution >= 0.6 is 0 Å². The van der Waals surface area contributed by atoms with Crippen molar-refractivity contribution in [2.45, 2.75) is 38.5 Å². The summed E-state index contributed by atoms with van der Waals surface area (Å²) in [6.07, 6.45) is 3.53. The van der Waals surface area contributed by atoms with Crippen LogP contribution in [0.1, 0.15) is 33.4 Å². The Kier molecular flexibility index (Phi) is 10.3. The van der Waals surface area contributed by atoms with E-state index < -0.39 is 0 Å². The van der Waals surface area contributed by atoms with Gasteiger partial charge in [-0.2, -0.15) is 0 Å². The van der Waals surface area contributed by atoms with Crippen LogP contribution in [0.15, 0.2) is 121 Å². The highest BCUT2D eigenvalue weighted by Crippen LogP contribution is 2.43. The monoisotopic (exact) mass is 670 g/mol. The number of rotatable bonds is 13. The molecule has 0 aliphatic rings. The van der Waals surface area contributed by atoms with E-state index >= 15 is 0 Å². The summed E-state index contributed by atoms with van der Waals surface area (Å²) in [4.78, 5) is 0. The number of phenols is 6.